The first-order valence-corrected chi connectivity index (χ1v) is 6.25. The van der Waals surface area contributed by atoms with E-state index in [4.69, 9.17) is 5.73 Å². The number of rotatable bonds is 2. The van der Waals surface area contributed by atoms with Crippen molar-refractivity contribution in [2.24, 2.45) is 11.7 Å². The first kappa shape index (κ1) is 13.0. The summed E-state index contributed by atoms with van der Waals surface area (Å²) in [7, 11) is 0. The summed E-state index contributed by atoms with van der Waals surface area (Å²) in [5.74, 6) is 0.808. The number of nitrogens with two attached hydrogens (primary N) is 1. The number of nitrogens with zero attached hydrogens (tertiary/aromatic N) is 1. The lowest BCUT2D eigenvalue weighted by molar-refractivity contribution is -0.0263. The van der Waals surface area contributed by atoms with Crippen LogP contribution in [0.3, 0.4) is 0 Å². The molecule has 0 aliphatic carbocycles. The molecule has 90 valence electrons. The molecule has 1 unspecified atom stereocenters. The first-order valence-electron chi connectivity index (χ1n) is 6.25. The fraction of sp³-hybridized carbons (Fsp3) is 1.00. The zero-order valence-electron chi connectivity index (χ0n) is 11.1. The van der Waals surface area contributed by atoms with Gasteiger partial charge in [0.15, 0.2) is 0 Å². The van der Waals surface area contributed by atoms with Gasteiger partial charge < -0.3 is 5.73 Å². The topological polar surface area (TPSA) is 29.3 Å². The van der Waals surface area contributed by atoms with Gasteiger partial charge in [0.2, 0.25) is 0 Å². The molecule has 15 heavy (non-hydrogen) atoms. The Morgan fingerprint density at radius 1 is 1.33 bits per heavy atom. The van der Waals surface area contributed by atoms with Gasteiger partial charge in [-0.1, -0.05) is 0 Å². The molecule has 0 saturated carbocycles. The number of piperidine rings is 1. The molecule has 2 nitrogen and oxygen atoms in total. The highest BCUT2D eigenvalue weighted by molar-refractivity contribution is 4.94. The van der Waals surface area contributed by atoms with E-state index in [1.165, 1.54) is 25.8 Å². The van der Waals surface area contributed by atoms with E-state index in [2.05, 4.69) is 39.5 Å². The van der Waals surface area contributed by atoms with Crippen molar-refractivity contribution in [3.8, 4) is 0 Å². The van der Waals surface area contributed by atoms with E-state index >= 15 is 0 Å². The van der Waals surface area contributed by atoms with Crippen LogP contribution in [0.4, 0.5) is 0 Å². The van der Waals surface area contributed by atoms with Crippen LogP contribution in [-0.2, 0) is 0 Å². The molecule has 1 fully saturated rings. The third-order valence-electron chi connectivity index (χ3n) is 3.72. The van der Waals surface area contributed by atoms with Crippen molar-refractivity contribution < 1.29 is 0 Å². The zero-order valence-corrected chi connectivity index (χ0v) is 11.1. The lowest BCUT2D eigenvalue weighted by atomic mass is 9.80. The van der Waals surface area contributed by atoms with Crippen LogP contribution in [-0.4, -0.2) is 29.1 Å². The number of likely N-dealkylation sites (tertiary alicyclic amines) is 1. The van der Waals surface area contributed by atoms with Crippen LogP contribution in [0.5, 0.6) is 0 Å². The lowest BCUT2D eigenvalue weighted by Crippen LogP contribution is -2.58. The van der Waals surface area contributed by atoms with Crippen molar-refractivity contribution in [3.05, 3.63) is 0 Å². The van der Waals surface area contributed by atoms with E-state index in [1.807, 2.05) is 0 Å². The Balaban J connectivity index is 2.71. The van der Waals surface area contributed by atoms with E-state index < -0.39 is 0 Å². The SMILES string of the molecule is CC(C)(C)N1CC(CCN)CCC1(C)C. The van der Waals surface area contributed by atoms with Crippen molar-refractivity contribution in [1.82, 2.24) is 4.90 Å². The molecule has 1 rings (SSSR count). The quantitative estimate of drug-likeness (QED) is 0.762. The van der Waals surface area contributed by atoms with Gasteiger partial charge in [-0.25, -0.2) is 0 Å². The Hall–Kier alpha value is -0.0800. The van der Waals surface area contributed by atoms with Crippen molar-refractivity contribution in [2.45, 2.75) is 65.0 Å². The molecule has 1 aliphatic rings. The molecule has 1 atom stereocenters. The summed E-state index contributed by atoms with van der Waals surface area (Å²) in [6.07, 6.45) is 3.83. The second-order valence-corrected chi connectivity index (χ2v) is 6.58. The maximum absolute atomic E-state index is 5.66. The van der Waals surface area contributed by atoms with Crippen LogP contribution in [0.15, 0.2) is 0 Å². The van der Waals surface area contributed by atoms with E-state index in [1.54, 1.807) is 0 Å². The highest BCUT2D eigenvalue weighted by Crippen LogP contribution is 2.36. The highest BCUT2D eigenvalue weighted by Gasteiger charge is 2.39. The first-order chi connectivity index (χ1) is 6.77. The maximum atomic E-state index is 5.66. The molecule has 0 amide bonds. The van der Waals surface area contributed by atoms with Gasteiger partial charge in [-0.2, -0.15) is 0 Å². The molecule has 2 N–H and O–H groups in total. The second-order valence-electron chi connectivity index (χ2n) is 6.58. The molecule has 0 aromatic rings. The summed E-state index contributed by atoms with van der Waals surface area (Å²) in [5.41, 5.74) is 6.29. The van der Waals surface area contributed by atoms with E-state index in [9.17, 15) is 0 Å². The molecule has 1 aliphatic heterocycles. The molecular weight excluding hydrogens is 184 g/mol. The summed E-state index contributed by atoms with van der Waals surface area (Å²) in [5, 5.41) is 0. The van der Waals surface area contributed by atoms with Crippen LogP contribution in [0.2, 0.25) is 0 Å². The lowest BCUT2D eigenvalue weighted by Gasteiger charge is -2.52. The van der Waals surface area contributed by atoms with E-state index in [0.717, 1.165) is 12.5 Å². The maximum Gasteiger partial charge on any atom is 0.0158 e. The number of hydrogen-bond acceptors (Lipinski definition) is 2. The zero-order chi connectivity index (χ0) is 11.7. The van der Waals surface area contributed by atoms with Crippen molar-refractivity contribution >= 4 is 0 Å². The minimum Gasteiger partial charge on any atom is -0.330 e. The largest absolute Gasteiger partial charge is 0.330 e. The Bertz CT molecular complexity index is 203. The van der Waals surface area contributed by atoms with Crippen LogP contribution in [0.1, 0.15) is 53.9 Å². The van der Waals surface area contributed by atoms with Gasteiger partial charge in [-0.3, -0.25) is 4.90 Å². The Kier molecular flexibility index (Phi) is 3.83. The van der Waals surface area contributed by atoms with Gasteiger partial charge in [-0.15, -0.1) is 0 Å². The van der Waals surface area contributed by atoms with E-state index in [-0.39, 0.29) is 5.54 Å². The van der Waals surface area contributed by atoms with Crippen LogP contribution in [0, 0.1) is 5.92 Å². The Labute approximate surface area is 95.2 Å². The summed E-state index contributed by atoms with van der Waals surface area (Å²) in [6.45, 7) is 13.8. The molecule has 1 saturated heterocycles. The predicted molar refractivity (Wildman–Crippen MR) is 66.9 cm³/mol. The average molecular weight is 212 g/mol. The monoisotopic (exact) mass is 212 g/mol. The fourth-order valence-corrected chi connectivity index (χ4v) is 2.94. The van der Waals surface area contributed by atoms with Gasteiger partial charge in [0.25, 0.3) is 0 Å². The van der Waals surface area contributed by atoms with Crippen molar-refractivity contribution in [3.63, 3.8) is 0 Å². The van der Waals surface area contributed by atoms with Gasteiger partial charge >= 0.3 is 0 Å². The average Bonchev–Trinajstić information content (AvgIpc) is 2.06. The molecule has 0 spiro atoms. The third kappa shape index (κ3) is 3.18. The summed E-state index contributed by atoms with van der Waals surface area (Å²) in [6, 6.07) is 0. The summed E-state index contributed by atoms with van der Waals surface area (Å²) < 4.78 is 0. The van der Waals surface area contributed by atoms with Crippen molar-refractivity contribution in [1.29, 1.82) is 0 Å². The molecular formula is C13H28N2. The van der Waals surface area contributed by atoms with Gasteiger partial charge in [0, 0.05) is 17.6 Å². The standard InChI is InChI=1S/C13H28N2/c1-12(2,3)15-10-11(7-9-14)6-8-13(15,4)5/h11H,6-10,14H2,1-5H3. The summed E-state index contributed by atoms with van der Waals surface area (Å²) >= 11 is 0. The van der Waals surface area contributed by atoms with Gasteiger partial charge in [-0.05, 0) is 66.3 Å². The third-order valence-corrected chi connectivity index (χ3v) is 3.72. The molecule has 0 aromatic carbocycles. The normalized spacial score (nSPS) is 28.0. The van der Waals surface area contributed by atoms with Gasteiger partial charge in [0.05, 0.1) is 0 Å². The molecule has 1 heterocycles. The minimum atomic E-state index is 0.275. The van der Waals surface area contributed by atoms with Crippen LogP contribution in [0.25, 0.3) is 0 Å². The van der Waals surface area contributed by atoms with E-state index in [0.29, 0.717) is 5.54 Å². The predicted octanol–water partition coefficient (Wildman–Crippen LogP) is 2.62. The molecule has 0 radical (unpaired) electrons. The molecule has 0 bridgehead atoms. The smallest absolute Gasteiger partial charge is 0.0158 e. The minimum absolute atomic E-state index is 0.275. The highest BCUT2D eigenvalue weighted by atomic mass is 15.2. The Morgan fingerprint density at radius 3 is 2.40 bits per heavy atom. The van der Waals surface area contributed by atoms with Crippen LogP contribution >= 0.6 is 0 Å². The second kappa shape index (κ2) is 4.42. The van der Waals surface area contributed by atoms with Gasteiger partial charge in [0.1, 0.15) is 0 Å². The molecule has 2 heteroatoms. The van der Waals surface area contributed by atoms with Crippen molar-refractivity contribution in [2.75, 3.05) is 13.1 Å². The Morgan fingerprint density at radius 2 is 1.93 bits per heavy atom. The molecule has 0 aromatic heterocycles. The van der Waals surface area contributed by atoms with Crippen LogP contribution < -0.4 is 5.73 Å². The fourth-order valence-electron chi connectivity index (χ4n) is 2.94. The summed E-state index contributed by atoms with van der Waals surface area (Å²) in [4.78, 5) is 2.66. The number of hydrogen-bond donors (Lipinski definition) is 1.